The molecular formula is C12H13F4N. The zero-order chi connectivity index (χ0) is 12.6. The van der Waals surface area contributed by atoms with Crippen LogP contribution in [0, 0.1) is 5.82 Å². The van der Waals surface area contributed by atoms with Crippen LogP contribution >= 0.6 is 0 Å². The Labute approximate surface area is 96.8 Å². The smallest absolute Gasteiger partial charge is 0.314 e. The van der Waals surface area contributed by atoms with Crippen molar-refractivity contribution in [1.29, 1.82) is 0 Å². The van der Waals surface area contributed by atoms with Gasteiger partial charge >= 0.3 is 6.18 Å². The molecular weight excluding hydrogens is 234 g/mol. The van der Waals surface area contributed by atoms with Gasteiger partial charge in [-0.1, -0.05) is 0 Å². The summed E-state index contributed by atoms with van der Waals surface area (Å²) >= 11 is 0. The van der Waals surface area contributed by atoms with Crippen molar-refractivity contribution in [2.45, 2.75) is 31.5 Å². The molecule has 17 heavy (non-hydrogen) atoms. The molecule has 0 aliphatic carbocycles. The van der Waals surface area contributed by atoms with E-state index in [9.17, 15) is 17.6 Å². The lowest BCUT2D eigenvalue weighted by Gasteiger charge is -2.13. The van der Waals surface area contributed by atoms with E-state index in [0.717, 1.165) is 12.5 Å². The average Bonchev–Trinajstić information content (AvgIpc) is 2.62. The number of hydrogen-bond acceptors (Lipinski definition) is 1. The third kappa shape index (κ3) is 2.77. The highest BCUT2D eigenvalue weighted by Gasteiger charge is 2.32. The van der Waals surface area contributed by atoms with Crippen LogP contribution in [0.5, 0.6) is 0 Å². The molecule has 1 aliphatic rings. The second kappa shape index (κ2) is 4.29. The Kier molecular flexibility index (Phi) is 3.12. The molecule has 0 spiro atoms. The molecule has 5 heteroatoms. The Balaban J connectivity index is 2.32. The second-order valence-corrected chi connectivity index (χ2v) is 4.51. The monoisotopic (exact) mass is 247 g/mol. The van der Waals surface area contributed by atoms with Crippen LogP contribution in [0.3, 0.4) is 0 Å². The highest BCUT2D eigenvalue weighted by molar-refractivity contribution is 5.30. The van der Waals surface area contributed by atoms with Gasteiger partial charge in [0.1, 0.15) is 5.82 Å². The summed E-state index contributed by atoms with van der Waals surface area (Å²) in [6.45, 7) is 2.56. The van der Waals surface area contributed by atoms with Crippen molar-refractivity contribution >= 4 is 0 Å². The summed E-state index contributed by atoms with van der Waals surface area (Å²) in [7, 11) is 0. The summed E-state index contributed by atoms with van der Waals surface area (Å²) in [5.41, 5.74) is -0.485. The van der Waals surface area contributed by atoms with Crippen LogP contribution in [0.2, 0.25) is 0 Å². The van der Waals surface area contributed by atoms with Gasteiger partial charge in [0.05, 0.1) is 5.56 Å². The SMILES string of the molecule is CC1CC(c2cc(F)cc(C(F)(F)F)c2)CN1. The first-order chi connectivity index (χ1) is 7.86. The standard InChI is InChI=1S/C12H13F4N/c1-7-2-9(6-17-7)8-3-10(12(14,15)16)5-11(13)4-8/h3-5,7,9,17H,2,6H2,1H3. The van der Waals surface area contributed by atoms with Crippen LogP contribution in [0.25, 0.3) is 0 Å². The van der Waals surface area contributed by atoms with Gasteiger partial charge in [0.25, 0.3) is 0 Å². The van der Waals surface area contributed by atoms with Gasteiger partial charge in [-0.3, -0.25) is 0 Å². The zero-order valence-electron chi connectivity index (χ0n) is 9.31. The second-order valence-electron chi connectivity index (χ2n) is 4.51. The maximum atomic E-state index is 13.2. The first kappa shape index (κ1) is 12.4. The quantitative estimate of drug-likeness (QED) is 0.751. The molecule has 1 N–H and O–H groups in total. The highest BCUT2D eigenvalue weighted by Crippen LogP contribution is 2.34. The van der Waals surface area contributed by atoms with Crippen LogP contribution in [-0.4, -0.2) is 12.6 Å². The Morgan fingerprint density at radius 1 is 1.24 bits per heavy atom. The third-order valence-corrected chi connectivity index (χ3v) is 3.07. The van der Waals surface area contributed by atoms with Crippen LogP contribution in [-0.2, 0) is 6.18 Å². The molecule has 1 aromatic carbocycles. The molecule has 0 radical (unpaired) electrons. The van der Waals surface area contributed by atoms with Crippen LogP contribution in [0.4, 0.5) is 17.6 Å². The number of benzene rings is 1. The minimum Gasteiger partial charge on any atom is -0.314 e. The van der Waals surface area contributed by atoms with Crippen molar-refractivity contribution in [3.63, 3.8) is 0 Å². The van der Waals surface area contributed by atoms with Crippen molar-refractivity contribution in [2.24, 2.45) is 0 Å². The lowest BCUT2D eigenvalue weighted by molar-refractivity contribution is -0.137. The van der Waals surface area contributed by atoms with Gasteiger partial charge in [0, 0.05) is 12.6 Å². The van der Waals surface area contributed by atoms with Crippen LogP contribution < -0.4 is 5.32 Å². The Morgan fingerprint density at radius 3 is 2.47 bits per heavy atom. The topological polar surface area (TPSA) is 12.0 Å². The van der Waals surface area contributed by atoms with E-state index in [-0.39, 0.29) is 12.0 Å². The molecule has 2 atom stereocenters. The molecule has 1 fully saturated rings. The van der Waals surface area contributed by atoms with E-state index >= 15 is 0 Å². The molecule has 1 aromatic rings. The fraction of sp³-hybridized carbons (Fsp3) is 0.500. The van der Waals surface area contributed by atoms with Crippen molar-refractivity contribution in [1.82, 2.24) is 5.32 Å². The molecule has 1 nitrogen and oxygen atoms in total. The summed E-state index contributed by atoms with van der Waals surface area (Å²) in [5, 5.41) is 3.14. The van der Waals surface area contributed by atoms with E-state index < -0.39 is 17.6 Å². The van der Waals surface area contributed by atoms with E-state index in [1.807, 2.05) is 6.92 Å². The van der Waals surface area contributed by atoms with Crippen molar-refractivity contribution in [3.8, 4) is 0 Å². The predicted octanol–water partition coefficient (Wildman–Crippen LogP) is 3.31. The zero-order valence-corrected chi connectivity index (χ0v) is 9.31. The molecule has 2 unspecified atom stereocenters. The summed E-state index contributed by atoms with van der Waals surface area (Å²) in [4.78, 5) is 0. The molecule has 1 aliphatic heterocycles. The maximum absolute atomic E-state index is 13.2. The fourth-order valence-electron chi connectivity index (χ4n) is 2.20. The van der Waals surface area contributed by atoms with E-state index in [1.54, 1.807) is 0 Å². The molecule has 0 amide bonds. The molecule has 1 saturated heterocycles. The normalized spacial score (nSPS) is 25.2. The lowest BCUT2D eigenvalue weighted by atomic mass is 9.95. The summed E-state index contributed by atoms with van der Waals surface area (Å²) in [5.74, 6) is -0.865. The van der Waals surface area contributed by atoms with Crippen LogP contribution in [0.15, 0.2) is 18.2 Å². The average molecular weight is 247 g/mol. The Hall–Kier alpha value is -1.10. The van der Waals surface area contributed by atoms with E-state index in [0.29, 0.717) is 18.2 Å². The minimum atomic E-state index is -4.49. The molecule has 0 saturated carbocycles. The van der Waals surface area contributed by atoms with E-state index in [1.165, 1.54) is 6.07 Å². The number of rotatable bonds is 1. The number of hydrogen-bond donors (Lipinski definition) is 1. The van der Waals surface area contributed by atoms with Crippen molar-refractivity contribution in [3.05, 3.63) is 35.1 Å². The fourth-order valence-corrected chi connectivity index (χ4v) is 2.20. The molecule has 2 rings (SSSR count). The molecule has 0 aromatic heterocycles. The highest BCUT2D eigenvalue weighted by atomic mass is 19.4. The van der Waals surface area contributed by atoms with Crippen LogP contribution in [0.1, 0.15) is 30.4 Å². The van der Waals surface area contributed by atoms with Crippen molar-refractivity contribution in [2.75, 3.05) is 6.54 Å². The van der Waals surface area contributed by atoms with Gasteiger partial charge in [-0.05, 0) is 43.0 Å². The predicted molar refractivity (Wildman–Crippen MR) is 56.2 cm³/mol. The van der Waals surface area contributed by atoms with Gasteiger partial charge in [0.15, 0.2) is 0 Å². The van der Waals surface area contributed by atoms with E-state index in [2.05, 4.69) is 5.32 Å². The largest absolute Gasteiger partial charge is 0.416 e. The molecule has 94 valence electrons. The summed E-state index contributed by atoms with van der Waals surface area (Å²) in [6, 6.07) is 3.04. The molecule has 1 heterocycles. The molecule has 0 bridgehead atoms. The number of nitrogens with one attached hydrogen (secondary N) is 1. The lowest BCUT2D eigenvalue weighted by Crippen LogP contribution is -2.16. The van der Waals surface area contributed by atoms with Gasteiger partial charge in [-0.15, -0.1) is 0 Å². The number of alkyl halides is 3. The van der Waals surface area contributed by atoms with Crippen molar-refractivity contribution < 1.29 is 17.6 Å². The summed E-state index contributed by atoms with van der Waals surface area (Å²) < 4.78 is 50.8. The first-order valence-corrected chi connectivity index (χ1v) is 5.47. The first-order valence-electron chi connectivity index (χ1n) is 5.47. The maximum Gasteiger partial charge on any atom is 0.416 e. The van der Waals surface area contributed by atoms with Gasteiger partial charge in [-0.2, -0.15) is 13.2 Å². The summed E-state index contributed by atoms with van der Waals surface area (Å²) in [6.07, 6.45) is -3.75. The Morgan fingerprint density at radius 2 is 1.94 bits per heavy atom. The number of halogens is 4. The minimum absolute atomic E-state index is 0.0400. The van der Waals surface area contributed by atoms with Gasteiger partial charge < -0.3 is 5.32 Å². The Bertz CT molecular complexity index is 413. The van der Waals surface area contributed by atoms with Gasteiger partial charge in [-0.25, -0.2) is 4.39 Å². The van der Waals surface area contributed by atoms with Gasteiger partial charge in [0.2, 0.25) is 0 Å². The van der Waals surface area contributed by atoms with E-state index in [4.69, 9.17) is 0 Å². The third-order valence-electron chi connectivity index (χ3n) is 3.07.